The van der Waals surface area contributed by atoms with Crippen molar-refractivity contribution in [3.05, 3.63) is 48.0 Å². The Morgan fingerprint density at radius 3 is 2.83 bits per heavy atom. The van der Waals surface area contributed by atoms with Crippen molar-refractivity contribution in [1.29, 1.82) is 5.26 Å². The number of nitrogens with zero attached hydrogens (tertiary/aromatic N) is 3. The maximum absolute atomic E-state index is 9.04. The van der Waals surface area contributed by atoms with Gasteiger partial charge in [0, 0.05) is 5.57 Å². The summed E-state index contributed by atoms with van der Waals surface area (Å²) in [5.74, 6) is 1.35. The Balaban J connectivity index is 1.97. The third kappa shape index (κ3) is 4.71. The Labute approximate surface area is 141 Å². The molecule has 0 saturated heterocycles. The molecule has 1 aromatic carbocycles. The van der Waals surface area contributed by atoms with Gasteiger partial charge in [-0.3, -0.25) is 0 Å². The predicted molar refractivity (Wildman–Crippen MR) is 94.0 cm³/mol. The van der Waals surface area contributed by atoms with Crippen LogP contribution in [0, 0.1) is 11.3 Å². The van der Waals surface area contributed by atoms with Crippen molar-refractivity contribution in [3.63, 3.8) is 0 Å². The molecule has 0 bridgehead atoms. The number of hydrazone groups is 1. The van der Waals surface area contributed by atoms with Gasteiger partial charge in [-0.1, -0.05) is 19.9 Å². The normalized spacial score (nSPS) is 10.5. The van der Waals surface area contributed by atoms with Gasteiger partial charge < -0.3 is 9.15 Å². The zero-order valence-electron chi connectivity index (χ0n) is 13.9. The number of ether oxygens (including phenoxy) is 1. The summed E-state index contributed by atoms with van der Waals surface area (Å²) in [7, 11) is 0. The molecule has 0 fully saturated rings. The van der Waals surface area contributed by atoms with Crippen molar-refractivity contribution in [2.24, 2.45) is 5.10 Å². The minimum Gasteiger partial charge on any atom is -0.494 e. The smallest absolute Gasteiger partial charge is 0.252 e. The quantitative estimate of drug-likeness (QED) is 0.447. The Bertz CT molecular complexity index is 754. The number of nitriles is 1. The molecule has 6 nitrogen and oxygen atoms in total. The van der Waals surface area contributed by atoms with E-state index in [1.165, 1.54) is 0 Å². The summed E-state index contributed by atoms with van der Waals surface area (Å²) in [5, 5.41) is 13.1. The van der Waals surface area contributed by atoms with E-state index in [1.807, 2.05) is 30.3 Å². The van der Waals surface area contributed by atoms with Crippen molar-refractivity contribution in [2.75, 3.05) is 12.0 Å². The van der Waals surface area contributed by atoms with Crippen molar-refractivity contribution in [2.45, 2.75) is 26.7 Å². The van der Waals surface area contributed by atoms with E-state index in [0.717, 1.165) is 30.8 Å². The van der Waals surface area contributed by atoms with Gasteiger partial charge >= 0.3 is 0 Å². The van der Waals surface area contributed by atoms with E-state index in [2.05, 4.69) is 29.0 Å². The molecule has 1 heterocycles. The van der Waals surface area contributed by atoms with Gasteiger partial charge in [0.2, 0.25) is 11.6 Å². The van der Waals surface area contributed by atoms with Crippen LogP contribution in [0.2, 0.25) is 0 Å². The van der Waals surface area contributed by atoms with E-state index in [4.69, 9.17) is 14.4 Å². The molecule has 0 saturated carbocycles. The molecule has 124 valence electrons. The molecule has 24 heavy (non-hydrogen) atoms. The molecule has 0 spiro atoms. The second-order valence-electron chi connectivity index (χ2n) is 5.23. The molecule has 0 amide bonds. The number of anilines is 1. The molecule has 0 aliphatic heterocycles. The molecule has 0 aliphatic rings. The number of benzene rings is 1. The lowest BCUT2D eigenvalue weighted by atomic mass is 10.2. The van der Waals surface area contributed by atoms with E-state index < -0.39 is 0 Å². The number of hydrogen-bond acceptors (Lipinski definition) is 6. The maximum Gasteiger partial charge on any atom is 0.252 e. The number of nitrogens with one attached hydrogen (secondary N) is 1. The van der Waals surface area contributed by atoms with Crippen LogP contribution < -0.4 is 10.2 Å². The number of unbranched alkanes of at least 4 members (excludes halogenated alkanes) is 1. The Kier molecular flexibility index (Phi) is 6.15. The van der Waals surface area contributed by atoms with Crippen LogP contribution in [0.5, 0.6) is 5.75 Å². The Morgan fingerprint density at radius 1 is 1.46 bits per heavy atom. The monoisotopic (exact) mass is 324 g/mol. The van der Waals surface area contributed by atoms with Gasteiger partial charge in [-0.25, -0.2) is 5.43 Å². The molecule has 6 heteroatoms. The first kappa shape index (κ1) is 17.3. The molecule has 0 radical (unpaired) electrons. The molecule has 0 aliphatic carbocycles. The third-order valence-corrected chi connectivity index (χ3v) is 3.12. The van der Waals surface area contributed by atoms with Gasteiger partial charge in [-0.15, -0.1) is 0 Å². The molecular formula is C18H20N4O2. The van der Waals surface area contributed by atoms with Gasteiger partial charge in [0.05, 0.1) is 12.8 Å². The number of allylic oxidation sites excluding steroid dienone is 1. The Morgan fingerprint density at radius 2 is 2.21 bits per heavy atom. The van der Waals surface area contributed by atoms with Crippen LogP contribution >= 0.6 is 0 Å². The first-order chi connectivity index (χ1) is 11.6. The highest BCUT2D eigenvalue weighted by molar-refractivity contribution is 5.80. The number of oxazole rings is 1. The third-order valence-electron chi connectivity index (χ3n) is 3.12. The average molecular weight is 324 g/mol. The maximum atomic E-state index is 9.04. The minimum absolute atomic E-state index is 0.143. The second-order valence-corrected chi connectivity index (χ2v) is 5.23. The molecule has 1 N–H and O–H groups in total. The molecule has 2 rings (SSSR count). The van der Waals surface area contributed by atoms with Crippen LogP contribution in [-0.4, -0.2) is 17.8 Å². The summed E-state index contributed by atoms with van der Waals surface area (Å²) in [6.07, 6.45) is 3.77. The van der Waals surface area contributed by atoms with Crippen molar-refractivity contribution >= 4 is 17.7 Å². The first-order valence-corrected chi connectivity index (χ1v) is 7.72. The summed E-state index contributed by atoms with van der Waals surface area (Å²) < 4.78 is 11.0. The SMILES string of the molecule is C=C(C)c1nc(C#N)c(N/N=C/c2ccc(OCCCC)cc2)o1. The molecule has 0 atom stereocenters. The van der Waals surface area contributed by atoms with Gasteiger partial charge in [0.25, 0.3) is 5.88 Å². The zero-order chi connectivity index (χ0) is 17.4. The van der Waals surface area contributed by atoms with E-state index in [1.54, 1.807) is 13.1 Å². The largest absolute Gasteiger partial charge is 0.494 e. The summed E-state index contributed by atoms with van der Waals surface area (Å²) in [5.41, 5.74) is 4.37. The van der Waals surface area contributed by atoms with Crippen molar-refractivity contribution in [3.8, 4) is 11.8 Å². The molecule has 2 aromatic rings. The highest BCUT2D eigenvalue weighted by Crippen LogP contribution is 2.20. The van der Waals surface area contributed by atoms with Crippen LogP contribution in [0.3, 0.4) is 0 Å². The van der Waals surface area contributed by atoms with Crippen LogP contribution in [0.15, 0.2) is 40.4 Å². The van der Waals surface area contributed by atoms with Gasteiger partial charge in [0.1, 0.15) is 11.8 Å². The summed E-state index contributed by atoms with van der Waals surface area (Å²) in [4.78, 5) is 4.02. The number of aromatic nitrogens is 1. The Hall–Kier alpha value is -3.07. The van der Waals surface area contributed by atoms with E-state index in [9.17, 15) is 0 Å². The highest BCUT2D eigenvalue weighted by atomic mass is 16.5. The van der Waals surface area contributed by atoms with Crippen LogP contribution in [-0.2, 0) is 0 Å². The fraction of sp³-hybridized carbons (Fsp3) is 0.278. The first-order valence-electron chi connectivity index (χ1n) is 7.72. The van der Waals surface area contributed by atoms with E-state index in [-0.39, 0.29) is 11.6 Å². The lowest BCUT2D eigenvalue weighted by Gasteiger charge is -2.04. The second kappa shape index (κ2) is 8.53. The van der Waals surface area contributed by atoms with Crippen molar-refractivity contribution in [1.82, 2.24) is 4.98 Å². The van der Waals surface area contributed by atoms with Crippen LogP contribution in [0.25, 0.3) is 5.57 Å². The van der Waals surface area contributed by atoms with Gasteiger partial charge in [-0.2, -0.15) is 15.3 Å². The van der Waals surface area contributed by atoms with Gasteiger partial charge in [-0.05, 0) is 43.2 Å². The molecular weight excluding hydrogens is 304 g/mol. The van der Waals surface area contributed by atoms with Crippen molar-refractivity contribution < 1.29 is 9.15 Å². The lowest BCUT2D eigenvalue weighted by molar-refractivity contribution is 0.309. The average Bonchev–Trinajstić information content (AvgIpc) is 3.00. The summed E-state index contributed by atoms with van der Waals surface area (Å²) in [6, 6.07) is 9.54. The fourth-order valence-corrected chi connectivity index (χ4v) is 1.80. The minimum atomic E-state index is 0.143. The van der Waals surface area contributed by atoms with Crippen LogP contribution in [0.4, 0.5) is 5.88 Å². The summed E-state index contributed by atoms with van der Waals surface area (Å²) in [6.45, 7) is 8.33. The van der Waals surface area contributed by atoms with E-state index >= 15 is 0 Å². The molecule has 0 unspecified atom stereocenters. The number of rotatable bonds is 8. The fourth-order valence-electron chi connectivity index (χ4n) is 1.80. The van der Waals surface area contributed by atoms with Gasteiger partial charge in [0.15, 0.2) is 0 Å². The lowest BCUT2D eigenvalue weighted by Crippen LogP contribution is -1.96. The predicted octanol–water partition coefficient (Wildman–Crippen LogP) is 4.20. The highest BCUT2D eigenvalue weighted by Gasteiger charge is 2.12. The topological polar surface area (TPSA) is 83.4 Å². The van der Waals surface area contributed by atoms with E-state index in [0.29, 0.717) is 11.5 Å². The molecule has 1 aromatic heterocycles. The standard InChI is InChI=1S/C18H20N4O2/c1-4-5-10-23-15-8-6-14(7-9-15)12-20-22-18-16(11-19)21-17(24-18)13(2)3/h6-9,12,22H,2,4-5,10H2,1,3H3/b20-12+. The van der Waals surface area contributed by atoms with Crippen LogP contribution in [0.1, 0.15) is 43.8 Å². The number of hydrogen-bond donors (Lipinski definition) is 1. The zero-order valence-corrected chi connectivity index (χ0v) is 13.9. The summed E-state index contributed by atoms with van der Waals surface area (Å²) >= 11 is 0.